The summed E-state index contributed by atoms with van der Waals surface area (Å²) in [4.78, 5) is 11.9. The normalized spacial score (nSPS) is 18.2. The quantitative estimate of drug-likeness (QED) is 0.703. The topological polar surface area (TPSA) is 26.3 Å². The number of hydrogen-bond acceptors (Lipinski definition) is 2. The Balaban J connectivity index is 2.55. The number of fused-ring (bicyclic) bond motifs is 1. The summed E-state index contributed by atoms with van der Waals surface area (Å²) in [6, 6.07) is 5.80. The van der Waals surface area contributed by atoms with E-state index in [-0.39, 0.29) is 11.4 Å². The van der Waals surface area contributed by atoms with Crippen molar-refractivity contribution in [2.75, 3.05) is 0 Å². The van der Waals surface area contributed by atoms with Crippen molar-refractivity contribution in [3.8, 4) is 5.75 Å². The first-order valence-corrected chi connectivity index (χ1v) is 5.37. The summed E-state index contributed by atoms with van der Waals surface area (Å²) >= 11 is 0. The largest absolute Gasteiger partial charge is 0.486 e. The van der Waals surface area contributed by atoms with E-state index in [1.165, 1.54) is 0 Å². The van der Waals surface area contributed by atoms with Gasteiger partial charge in [-0.25, -0.2) is 0 Å². The average Bonchev–Trinajstić information content (AvgIpc) is 2.15. The van der Waals surface area contributed by atoms with Crippen LogP contribution in [-0.4, -0.2) is 11.4 Å². The first kappa shape index (κ1) is 10.2. The Bertz CT molecular complexity index is 405. The van der Waals surface area contributed by atoms with Crippen LogP contribution in [0.5, 0.6) is 5.75 Å². The SMILES string of the molecule is CCc1cccc2c1OC(C)(C)CC2=O. The number of ether oxygens (including phenoxy) is 1. The molecule has 0 fully saturated rings. The van der Waals surface area contributed by atoms with Crippen molar-refractivity contribution >= 4 is 5.78 Å². The highest BCUT2D eigenvalue weighted by Gasteiger charge is 2.33. The summed E-state index contributed by atoms with van der Waals surface area (Å²) in [6.07, 6.45) is 1.36. The molecule has 0 aliphatic carbocycles. The number of carbonyl (C=O) groups is 1. The van der Waals surface area contributed by atoms with Crippen molar-refractivity contribution in [3.05, 3.63) is 29.3 Å². The van der Waals surface area contributed by atoms with E-state index >= 15 is 0 Å². The summed E-state index contributed by atoms with van der Waals surface area (Å²) in [6.45, 7) is 5.99. The number of carbonyl (C=O) groups excluding carboxylic acids is 1. The average molecular weight is 204 g/mol. The van der Waals surface area contributed by atoms with Crippen molar-refractivity contribution in [1.82, 2.24) is 0 Å². The van der Waals surface area contributed by atoms with Crippen LogP contribution in [0.3, 0.4) is 0 Å². The summed E-state index contributed by atoms with van der Waals surface area (Å²) < 4.78 is 5.89. The van der Waals surface area contributed by atoms with E-state index in [0.717, 1.165) is 23.3 Å². The van der Waals surface area contributed by atoms with Gasteiger partial charge >= 0.3 is 0 Å². The smallest absolute Gasteiger partial charge is 0.170 e. The molecule has 0 N–H and O–H groups in total. The molecule has 0 aromatic heterocycles. The van der Waals surface area contributed by atoms with Gasteiger partial charge in [-0.05, 0) is 31.9 Å². The fraction of sp³-hybridized carbons (Fsp3) is 0.462. The van der Waals surface area contributed by atoms with Gasteiger partial charge in [0, 0.05) is 0 Å². The lowest BCUT2D eigenvalue weighted by molar-refractivity contribution is 0.0614. The second kappa shape index (κ2) is 3.37. The van der Waals surface area contributed by atoms with Crippen molar-refractivity contribution in [2.45, 2.75) is 39.2 Å². The van der Waals surface area contributed by atoms with Crippen LogP contribution in [0.25, 0.3) is 0 Å². The fourth-order valence-electron chi connectivity index (χ4n) is 2.00. The number of rotatable bonds is 1. The third-order valence-electron chi connectivity index (χ3n) is 2.74. The number of aryl methyl sites for hydroxylation is 1. The summed E-state index contributed by atoms with van der Waals surface area (Å²) in [5.74, 6) is 0.984. The lowest BCUT2D eigenvalue weighted by atomic mass is 9.91. The summed E-state index contributed by atoms with van der Waals surface area (Å²) in [5, 5.41) is 0. The van der Waals surface area contributed by atoms with Crippen LogP contribution < -0.4 is 4.74 Å². The van der Waals surface area contributed by atoms with Gasteiger partial charge in [0.1, 0.15) is 11.4 Å². The first-order chi connectivity index (χ1) is 7.03. The predicted molar refractivity (Wildman–Crippen MR) is 59.5 cm³/mol. The molecule has 2 rings (SSSR count). The minimum Gasteiger partial charge on any atom is -0.486 e. The molecule has 15 heavy (non-hydrogen) atoms. The standard InChI is InChI=1S/C13H16O2/c1-4-9-6-5-7-10-11(14)8-13(2,3)15-12(9)10/h5-7H,4,8H2,1-3H3. The fourth-order valence-corrected chi connectivity index (χ4v) is 2.00. The summed E-state index contributed by atoms with van der Waals surface area (Å²) in [5.41, 5.74) is 1.50. The van der Waals surface area contributed by atoms with E-state index in [2.05, 4.69) is 6.92 Å². The minimum atomic E-state index is -0.366. The van der Waals surface area contributed by atoms with Crippen molar-refractivity contribution in [2.24, 2.45) is 0 Å². The predicted octanol–water partition coefficient (Wildman–Crippen LogP) is 2.99. The molecule has 1 heterocycles. The van der Waals surface area contributed by atoms with Crippen LogP contribution >= 0.6 is 0 Å². The molecule has 0 amide bonds. The second-order valence-corrected chi connectivity index (χ2v) is 4.61. The number of hydrogen-bond donors (Lipinski definition) is 0. The Morgan fingerprint density at radius 1 is 1.40 bits per heavy atom. The zero-order valence-corrected chi connectivity index (χ0v) is 9.46. The van der Waals surface area contributed by atoms with Crippen LogP contribution in [-0.2, 0) is 6.42 Å². The van der Waals surface area contributed by atoms with E-state index in [4.69, 9.17) is 4.74 Å². The Kier molecular flexibility index (Phi) is 2.29. The minimum absolute atomic E-state index is 0.191. The maximum atomic E-state index is 11.9. The molecule has 80 valence electrons. The van der Waals surface area contributed by atoms with Crippen LogP contribution in [0, 0.1) is 0 Å². The lowest BCUT2D eigenvalue weighted by Crippen LogP contribution is -2.36. The molecular formula is C13H16O2. The van der Waals surface area contributed by atoms with Gasteiger partial charge < -0.3 is 4.74 Å². The molecule has 0 spiro atoms. The Morgan fingerprint density at radius 3 is 2.80 bits per heavy atom. The van der Waals surface area contributed by atoms with Crippen LogP contribution in [0.4, 0.5) is 0 Å². The van der Waals surface area contributed by atoms with Gasteiger partial charge in [0.05, 0.1) is 12.0 Å². The van der Waals surface area contributed by atoms with Crippen LogP contribution in [0.2, 0.25) is 0 Å². The summed E-state index contributed by atoms with van der Waals surface area (Å²) in [7, 11) is 0. The number of para-hydroxylation sites is 1. The third kappa shape index (κ3) is 1.76. The molecule has 1 aliphatic rings. The molecule has 1 aliphatic heterocycles. The van der Waals surface area contributed by atoms with Gasteiger partial charge in [0.2, 0.25) is 0 Å². The van der Waals surface area contributed by atoms with E-state index < -0.39 is 0 Å². The van der Waals surface area contributed by atoms with Crippen molar-refractivity contribution in [3.63, 3.8) is 0 Å². The lowest BCUT2D eigenvalue weighted by Gasteiger charge is -2.32. The van der Waals surface area contributed by atoms with Crippen LogP contribution in [0.1, 0.15) is 43.1 Å². The molecule has 2 heteroatoms. The zero-order chi connectivity index (χ0) is 11.1. The highest BCUT2D eigenvalue weighted by atomic mass is 16.5. The van der Waals surface area contributed by atoms with Gasteiger partial charge in [0.25, 0.3) is 0 Å². The molecule has 2 nitrogen and oxygen atoms in total. The Hall–Kier alpha value is -1.31. The van der Waals surface area contributed by atoms with Gasteiger partial charge in [-0.3, -0.25) is 4.79 Å². The molecule has 0 radical (unpaired) electrons. The van der Waals surface area contributed by atoms with Gasteiger partial charge in [-0.2, -0.15) is 0 Å². The van der Waals surface area contributed by atoms with Gasteiger partial charge in [-0.15, -0.1) is 0 Å². The molecular weight excluding hydrogens is 188 g/mol. The van der Waals surface area contributed by atoms with Crippen LogP contribution in [0.15, 0.2) is 18.2 Å². The second-order valence-electron chi connectivity index (χ2n) is 4.61. The van der Waals surface area contributed by atoms with E-state index in [0.29, 0.717) is 6.42 Å². The zero-order valence-electron chi connectivity index (χ0n) is 9.46. The van der Waals surface area contributed by atoms with E-state index in [9.17, 15) is 4.79 Å². The maximum Gasteiger partial charge on any atom is 0.170 e. The molecule has 0 unspecified atom stereocenters. The number of benzene rings is 1. The van der Waals surface area contributed by atoms with E-state index in [1.54, 1.807) is 0 Å². The monoisotopic (exact) mass is 204 g/mol. The molecule has 0 atom stereocenters. The third-order valence-corrected chi connectivity index (χ3v) is 2.74. The number of ketones is 1. The van der Waals surface area contributed by atoms with Crippen molar-refractivity contribution < 1.29 is 9.53 Å². The molecule has 1 aromatic carbocycles. The Morgan fingerprint density at radius 2 is 2.13 bits per heavy atom. The molecule has 1 aromatic rings. The first-order valence-electron chi connectivity index (χ1n) is 5.37. The molecule has 0 saturated carbocycles. The highest BCUT2D eigenvalue weighted by Crippen LogP contribution is 2.35. The van der Waals surface area contributed by atoms with Crippen molar-refractivity contribution in [1.29, 1.82) is 0 Å². The maximum absolute atomic E-state index is 11.9. The van der Waals surface area contributed by atoms with E-state index in [1.807, 2.05) is 32.0 Å². The Labute approximate surface area is 90.3 Å². The molecule has 0 saturated heterocycles. The van der Waals surface area contributed by atoms with Gasteiger partial charge in [-0.1, -0.05) is 19.1 Å². The van der Waals surface area contributed by atoms with Gasteiger partial charge in [0.15, 0.2) is 5.78 Å². The molecule has 0 bridgehead atoms. The highest BCUT2D eigenvalue weighted by molar-refractivity contribution is 6.00. The number of Topliss-reactive ketones (excluding diaryl/α,β-unsaturated/α-hetero) is 1.